The summed E-state index contributed by atoms with van der Waals surface area (Å²) in [6.45, 7) is -5.94. The number of hydrogen-bond donors (Lipinski definition) is 32. The number of carboxylic acid groups (broad SMARTS) is 2. The van der Waals surface area contributed by atoms with E-state index in [-0.39, 0.29) is 102 Å². The number of aliphatic hydroxyl groups is 4. The fourth-order valence-electron chi connectivity index (χ4n) is 16.5. The number of primary amides is 1. The second kappa shape index (κ2) is 58.7. The zero-order valence-electron chi connectivity index (χ0n) is 81.4. The molecule has 0 unspecified atom stereocenters. The van der Waals surface area contributed by atoms with Crippen LogP contribution in [0.2, 0.25) is 0 Å². The van der Waals surface area contributed by atoms with Crippen molar-refractivity contribution in [2.75, 3.05) is 65.7 Å². The van der Waals surface area contributed by atoms with Crippen LogP contribution in [-0.2, 0) is 123 Å². The van der Waals surface area contributed by atoms with Crippen molar-refractivity contribution in [2.45, 2.75) is 206 Å². The largest absolute Gasteiger partial charge is 0.481 e. The van der Waals surface area contributed by atoms with E-state index in [0.29, 0.717) is 80.8 Å². The summed E-state index contributed by atoms with van der Waals surface area (Å²) < 4.78 is 0. The average Bonchev–Trinajstić information content (AvgIpc) is 1.69. The zero-order chi connectivity index (χ0) is 108. The number of hydrogen-bond acceptors (Lipinski definition) is 28. The molecule has 17 amide bonds. The summed E-state index contributed by atoms with van der Waals surface area (Å²) >= 11 is 0. The Morgan fingerprint density at radius 1 is 0.403 bits per heavy atom. The van der Waals surface area contributed by atoms with Gasteiger partial charge in [0.25, 0.3) is 0 Å². The minimum atomic E-state index is -2.05. The highest BCUT2D eigenvalue weighted by molar-refractivity contribution is 6.03. The number of aliphatic carboxylic acids is 2. The van der Waals surface area contributed by atoms with Gasteiger partial charge in [-0.15, -0.1) is 0 Å². The number of nitrogens with zero attached hydrogens (tertiary/aromatic N) is 2. The molecule has 0 radical (unpaired) electrons. The van der Waals surface area contributed by atoms with Crippen molar-refractivity contribution in [1.82, 2.24) is 115 Å². The number of nitrogens with one attached hydrogen (secondary N) is 21. The van der Waals surface area contributed by atoms with Crippen molar-refractivity contribution < 1.29 is 122 Å². The van der Waals surface area contributed by atoms with Crippen LogP contribution in [0.3, 0.4) is 0 Å². The molecule has 804 valence electrons. The molecular formula is C96H130N28O25. The van der Waals surface area contributed by atoms with Crippen LogP contribution >= 0.6 is 0 Å². The van der Waals surface area contributed by atoms with Crippen LogP contribution in [0.25, 0.3) is 32.7 Å². The Bertz CT molecular complexity index is 5980. The lowest BCUT2D eigenvalue weighted by atomic mass is 10.0. The van der Waals surface area contributed by atoms with Gasteiger partial charge in [0.2, 0.25) is 100 Å². The Balaban J connectivity index is 0.862. The van der Waals surface area contributed by atoms with Gasteiger partial charge >= 0.3 is 11.9 Å². The van der Waals surface area contributed by atoms with E-state index in [1.54, 1.807) is 116 Å². The number of imidazole rings is 1. The number of aliphatic hydroxyl groups excluding tert-OH is 4. The molecule has 1 fully saturated rings. The molecule has 53 heteroatoms. The minimum Gasteiger partial charge on any atom is -0.481 e. The van der Waals surface area contributed by atoms with Gasteiger partial charge in [0.05, 0.1) is 64.0 Å². The van der Waals surface area contributed by atoms with Gasteiger partial charge in [0.15, 0.2) is 5.96 Å². The second-order valence-corrected chi connectivity index (χ2v) is 35.5. The van der Waals surface area contributed by atoms with Crippen LogP contribution in [0, 0.1) is 5.41 Å². The molecule has 0 spiro atoms. The summed E-state index contributed by atoms with van der Waals surface area (Å²) in [7, 11) is 0. The van der Waals surface area contributed by atoms with Crippen molar-refractivity contribution >= 4 is 151 Å². The monoisotopic (exact) mass is 2070 g/mol. The molecule has 0 bridgehead atoms. The average molecular weight is 2080 g/mol. The quantitative estimate of drug-likeness (QED) is 0.00956. The van der Waals surface area contributed by atoms with E-state index in [1.165, 1.54) is 18.7 Å². The predicted molar refractivity (Wildman–Crippen MR) is 534 cm³/mol. The number of rotatable bonds is 63. The lowest BCUT2D eigenvalue weighted by Gasteiger charge is -2.30. The number of unbranched alkanes of at least 4 members (excludes halogenated alkanes) is 2. The summed E-state index contributed by atoms with van der Waals surface area (Å²) in [6.07, 6.45) is 5.18. The van der Waals surface area contributed by atoms with Gasteiger partial charge in [-0.1, -0.05) is 91.3 Å². The van der Waals surface area contributed by atoms with Gasteiger partial charge in [-0.25, -0.2) is 9.78 Å². The number of H-pyrrole nitrogens is 4. The van der Waals surface area contributed by atoms with Crippen molar-refractivity contribution in [3.05, 3.63) is 162 Å². The van der Waals surface area contributed by atoms with E-state index < -0.39 is 268 Å². The molecule has 1 aliphatic heterocycles. The fraction of sp³-hybridized carbons (Fsp3) is 0.448. The molecule has 4 aromatic heterocycles. The molecule has 9 rings (SSSR count). The summed E-state index contributed by atoms with van der Waals surface area (Å²) in [4.78, 5) is 283. The smallest absolute Gasteiger partial charge is 0.328 e. The molecule has 15 atom stereocenters. The molecule has 149 heavy (non-hydrogen) atoms. The van der Waals surface area contributed by atoms with E-state index in [1.807, 2.05) is 5.32 Å². The number of nitrogens with two attached hydrogens (primary N) is 5. The van der Waals surface area contributed by atoms with Crippen LogP contribution < -0.4 is 114 Å². The highest BCUT2D eigenvalue weighted by Crippen LogP contribution is 2.26. The number of amides is 17. The first-order valence-electron chi connectivity index (χ1n) is 48.3. The number of carboxylic acids is 2. The first kappa shape index (κ1) is 116. The third-order valence-electron chi connectivity index (χ3n) is 24.5. The molecule has 1 aliphatic rings. The number of para-hydroxylation sites is 3. The van der Waals surface area contributed by atoms with Gasteiger partial charge in [-0.05, 0) is 118 Å². The second-order valence-electron chi connectivity index (χ2n) is 35.5. The normalized spacial score (nSPS) is 15.1. The Morgan fingerprint density at radius 3 is 1.28 bits per heavy atom. The molecule has 8 aromatic rings. The number of carbonyl (C=O) groups is 19. The lowest BCUT2D eigenvalue weighted by molar-refractivity contribution is -0.144. The van der Waals surface area contributed by atoms with Crippen molar-refractivity contribution in [3.63, 3.8) is 0 Å². The van der Waals surface area contributed by atoms with Gasteiger partial charge in [-0.3, -0.25) is 91.7 Å². The third-order valence-corrected chi connectivity index (χ3v) is 24.5. The molecule has 37 N–H and O–H groups in total. The van der Waals surface area contributed by atoms with Gasteiger partial charge < -0.3 is 169 Å². The number of carbonyl (C=O) groups excluding carboxylic acids is 17. The maximum absolute atomic E-state index is 15.1. The SMILES string of the molecule is N=C(N)NCCC[C@H](NC(=O)[C@@H](N)CCCCN)C(=O)N[C@@H](Cc1ccccc1)C(=O)N[C@@H](CCCCN)C(=O)N[C@@H](CCC(N)=O)C(=O)N[C@@H](CC(=O)O)C(=O)NCC(=O)NCC(=O)N[C@@H](Cc1c[nH]c2ccccc12)C(=O)N[C@@H](CO)C(=O)N[C@@H](Cc1c[nH]cn1)C(=O)N[C@@H](Cc1c[nH]c2ccccc12)C(=O)N[C@@H](CO)C(=O)N1CCC[C@H]1C(=O)N[C@@H](Cc1c[nH]c2ccccc12)C(=O)N[C@@H](CO)C(=O)N[C@@H](CO)C(=O)O. The Hall–Kier alpha value is -16.4. The molecule has 4 aromatic carbocycles. The topological polar surface area (TPSA) is 871 Å². The standard InChI is InChI=1S/C96H130N28O25/c97-30-12-10-21-59(99)81(134)112-64(26-14-32-104-96(101)102)84(137)115-66(34-51-16-2-1-3-17-51)86(139)113-63(25-11-13-31-98)83(136)114-65(28-29-77(100)129)85(138)118-71(39-80(132)133)82(135)109-44-78(130)108-45-79(131)111-67(35-52-40-105-60-22-7-4-18-56(52)60)87(140)120-72(46-125)91(144)117-70(38-55-43-103-50-110-55)90(143)116-68(36-53-41-106-61-23-8-5-19-57(53)61)89(142)122-74(48-127)94(147)124-33-15-27-76(124)93(146)119-69(37-54-42-107-62-24-9-6-20-58(54)62)88(141)121-73(47-126)92(145)123-75(49-128)95(148)149/h1-9,16-20,22-24,40-43,50,59,63-76,105-107,125-128H,10-15,21,25-39,44-49,97-99H2,(H2,100,129)(H,103,110)(H,108,130)(H,109,135)(H,111,131)(H,112,134)(H,113,139)(H,114,136)(H,115,137)(H,116,143)(H,117,144)(H,118,138)(H,119,146)(H,120,140)(H,121,141)(H,122,142)(H,123,145)(H,132,133)(H,148,149)(H4,101,102,104)/t59-,63-,64-,65-,66-,67-,68-,69-,70-,71-,72-,73-,74-,75-,76-/m0/s1. The first-order chi connectivity index (χ1) is 71.4. The number of benzene rings is 4. The number of likely N-dealkylation sites (tertiary alicyclic amines) is 1. The van der Waals surface area contributed by atoms with Crippen LogP contribution in [-0.4, -0.2) is 335 Å². The highest BCUT2D eigenvalue weighted by Gasteiger charge is 2.43. The predicted octanol–water partition coefficient (Wildman–Crippen LogP) is -8.46. The summed E-state index contributed by atoms with van der Waals surface area (Å²) in [5, 5.41) is 110. The summed E-state index contributed by atoms with van der Waals surface area (Å²) in [5.74, 6) is -21.7. The molecular weight excluding hydrogens is 1950 g/mol. The van der Waals surface area contributed by atoms with Gasteiger partial charge in [0, 0.05) is 109 Å². The van der Waals surface area contributed by atoms with E-state index in [2.05, 4.69) is 105 Å². The van der Waals surface area contributed by atoms with Gasteiger partial charge in [-0.2, -0.15) is 0 Å². The van der Waals surface area contributed by atoms with E-state index in [0.717, 1.165) is 4.90 Å². The molecule has 0 saturated carbocycles. The van der Waals surface area contributed by atoms with Crippen LogP contribution in [0.15, 0.2) is 134 Å². The number of aromatic nitrogens is 5. The zero-order valence-corrected chi connectivity index (χ0v) is 81.4. The van der Waals surface area contributed by atoms with Crippen molar-refractivity contribution in [2.24, 2.45) is 28.7 Å². The maximum atomic E-state index is 15.1. The number of aromatic amines is 4. The Morgan fingerprint density at radius 2 is 0.805 bits per heavy atom. The lowest BCUT2D eigenvalue weighted by Crippen LogP contribution is -2.62. The Kier molecular flexibility index (Phi) is 45.8. The van der Waals surface area contributed by atoms with Crippen LogP contribution in [0.4, 0.5) is 0 Å². The molecule has 53 nitrogen and oxygen atoms in total. The van der Waals surface area contributed by atoms with Crippen molar-refractivity contribution in [1.29, 1.82) is 5.41 Å². The number of fused-ring (bicyclic) bond motifs is 3. The molecule has 5 heterocycles. The maximum Gasteiger partial charge on any atom is 0.328 e. The first-order valence-corrected chi connectivity index (χ1v) is 48.3. The fourth-order valence-corrected chi connectivity index (χ4v) is 16.5. The summed E-state index contributed by atoms with van der Waals surface area (Å²) in [6, 6.07) is 4.09. The number of guanidine groups is 1. The van der Waals surface area contributed by atoms with Crippen molar-refractivity contribution in [3.8, 4) is 0 Å². The van der Waals surface area contributed by atoms with Crippen LogP contribution in [0.5, 0.6) is 0 Å². The van der Waals surface area contributed by atoms with E-state index in [4.69, 9.17) is 34.1 Å². The minimum absolute atomic E-state index is 0.0294. The molecule has 1 saturated heterocycles. The third kappa shape index (κ3) is 35.8. The van der Waals surface area contributed by atoms with E-state index >= 15 is 9.59 Å². The Labute approximate surface area is 852 Å². The van der Waals surface area contributed by atoms with Crippen LogP contribution in [0.1, 0.15) is 111 Å². The summed E-state index contributed by atoms with van der Waals surface area (Å²) in [5.41, 5.74) is 32.4. The molecule has 0 aliphatic carbocycles. The highest BCUT2D eigenvalue weighted by atomic mass is 16.4. The van der Waals surface area contributed by atoms with Gasteiger partial charge in [0.1, 0.15) is 84.6 Å². The van der Waals surface area contributed by atoms with E-state index in [9.17, 15) is 112 Å².